The van der Waals surface area contributed by atoms with Gasteiger partial charge < -0.3 is 9.84 Å². The highest BCUT2D eigenvalue weighted by molar-refractivity contribution is 7.89. The van der Waals surface area contributed by atoms with Gasteiger partial charge in [-0.25, -0.2) is 12.8 Å². The molecule has 2 aliphatic rings. The van der Waals surface area contributed by atoms with Crippen LogP contribution < -0.4 is 5.32 Å². The fourth-order valence-corrected chi connectivity index (χ4v) is 7.05. The van der Waals surface area contributed by atoms with Gasteiger partial charge in [0, 0.05) is 36.3 Å². The third kappa shape index (κ3) is 4.77. The van der Waals surface area contributed by atoms with Gasteiger partial charge in [-0.2, -0.15) is 9.29 Å². The lowest BCUT2D eigenvalue weighted by Crippen LogP contribution is -2.42. The van der Waals surface area contributed by atoms with Crippen LogP contribution in [0.5, 0.6) is 0 Å². The van der Waals surface area contributed by atoms with Gasteiger partial charge in [-0.05, 0) is 56.4 Å². The molecule has 0 radical (unpaired) electrons. The minimum atomic E-state index is -3.70. The molecule has 1 amide bonds. The molecule has 1 aromatic carbocycles. The van der Waals surface area contributed by atoms with Gasteiger partial charge in [-0.3, -0.25) is 4.79 Å². The first-order valence-corrected chi connectivity index (χ1v) is 13.5. The second-order valence-corrected chi connectivity index (χ2v) is 11.9. The van der Waals surface area contributed by atoms with E-state index in [0.717, 1.165) is 18.4 Å². The molecule has 0 atom stereocenters. The van der Waals surface area contributed by atoms with Crippen LogP contribution in [0.25, 0.3) is 10.7 Å². The van der Waals surface area contributed by atoms with E-state index in [4.69, 9.17) is 4.52 Å². The van der Waals surface area contributed by atoms with Crippen molar-refractivity contribution in [2.24, 2.45) is 5.92 Å². The van der Waals surface area contributed by atoms with Gasteiger partial charge in [0.25, 0.3) is 0 Å². The molecule has 5 rings (SSSR count). The average molecular weight is 505 g/mol. The number of rotatable bonds is 7. The number of halogens is 1. The molecule has 180 valence electrons. The van der Waals surface area contributed by atoms with Gasteiger partial charge in [0.1, 0.15) is 5.82 Å². The Bertz CT molecular complexity index is 1290. The number of carbonyl (C=O) groups is 1. The molecule has 3 aromatic rings. The van der Waals surface area contributed by atoms with Crippen LogP contribution in [-0.4, -0.2) is 41.9 Å². The Morgan fingerprint density at radius 3 is 2.59 bits per heavy atom. The summed E-state index contributed by atoms with van der Waals surface area (Å²) in [4.78, 5) is 18.6. The van der Waals surface area contributed by atoms with Crippen molar-refractivity contribution >= 4 is 27.3 Å². The summed E-state index contributed by atoms with van der Waals surface area (Å²) in [5.74, 6) is 0.681. The van der Waals surface area contributed by atoms with Gasteiger partial charge in [-0.1, -0.05) is 17.3 Å². The maximum absolute atomic E-state index is 13.3. The van der Waals surface area contributed by atoms with Crippen molar-refractivity contribution in [3.8, 4) is 10.7 Å². The number of aryl methyl sites for hydroxylation is 1. The number of carbonyl (C=O) groups excluding carboxylic acids is 1. The molecule has 1 saturated carbocycles. The predicted octanol–water partition coefficient (Wildman–Crippen LogP) is 3.84. The van der Waals surface area contributed by atoms with Crippen LogP contribution in [-0.2, 0) is 21.4 Å². The topological polar surface area (TPSA) is 105 Å². The molecule has 2 fully saturated rings. The molecule has 11 heteroatoms. The van der Waals surface area contributed by atoms with Crippen molar-refractivity contribution in [3.05, 3.63) is 52.5 Å². The third-order valence-corrected chi connectivity index (χ3v) is 9.48. The molecule has 8 nitrogen and oxygen atoms in total. The quantitative estimate of drug-likeness (QED) is 0.524. The molecule has 1 saturated heterocycles. The number of sulfonamides is 1. The van der Waals surface area contributed by atoms with Crippen LogP contribution in [0, 0.1) is 18.7 Å². The predicted molar refractivity (Wildman–Crippen MR) is 124 cm³/mol. The van der Waals surface area contributed by atoms with Crippen LogP contribution in [0.3, 0.4) is 0 Å². The normalized spacial score (nSPS) is 17.7. The molecular weight excluding hydrogens is 479 g/mol. The monoisotopic (exact) mass is 504 g/mol. The van der Waals surface area contributed by atoms with Gasteiger partial charge in [0.05, 0.1) is 9.77 Å². The van der Waals surface area contributed by atoms with E-state index in [1.165, 1.54) is 27.8 Å². The Balaban J connectivity index is 1.20. The summed E-state index contributed by atoms with van der Waals surface area (Å²) in [7, 11) is -3.70. The summed E-state index contributed by atoms with van der Waals surface area (Å²) >= 11 is 1.34. The first-order valence-electron chi connectivity index (χ1n) is 11.3. The molecule has 1 aliphatic carbocycles. The van der Waals surface area contributed by atoms with E-state index in [2.05, 4.69) is 15.5 Å². The second kappa shape index (κ2) is 9.20. The Kier molecular flexibility index (Phi) is 6.26. The van der Waals surface area contributed by atoms with E-state index in [1.54, 1.807) is 25.1 Å². The lowest BCUT2D eigenvalue weighted by atomic mass is 9.97. The van der Waals surface area contributed by atoms with E-state index < -0.39 is 10.0 Å². The lowest BCUT2D eigenvalue weighted by molar-refractivity contribution is -0.126. The third-order valence-electron chi connectivity index (χ3n) is 6.28. The van der Waals surface area contributed by atoms with Gasteiger partial charge in [0.2, 0.25) is 27.6 Å². The van der Waals surface area contributed by atoms with E-state index in [0.29, 0.717) is 46.8 Å². The molecule has 3 heterocycles. The zero-order valence-corrected chi connectivity index (χ0v) is 20.3. The Labute approximate surface area is 201 Å². The van der Waals surface area contributed by atoms with Gasteiger partial charge in [0.15, 0.2) is 0 Å². The maximum Gasteiger partial charge on any atom is 0.244 e. The Morgan fingerprint density at radius 2 is 1.91 bits per heavy atom. The van der Waals surface area contributed by atoms with Crippen LogP contribution in [0.2, 0.25) is 0 Å². The number of nitrogens with one attached hydrogen (secondary N) is 1. The van der Waals surface area contributed by atoms with Crippen molar-refractivity contribution in [3.63, 3.8) is 0 Å². The highest BCUT2D eigenvalue weighted by atomic mass is 32.2. The molecule has 0 bridgehead atoms. The highest BCUT2D eigenvalue weighted by Crippen LogP contribution is 2.41. The standard InChI is InChI=1S/C23H25FN4O4S2/c1-14-20(12-19(33-14)21-26-23(32-27-21)17-4-5-17)34(30,31)28-10-8-16(9-11-28)22(29)25-13-15-2-6-18(24)7-3-15/h2-3,6-7,12,16-17H,4-5,8-11,13H2,1H3,(H,25,29). The number of thiophene rings is 1. The zero-order valence-electron chi connectivity index (χ0n) is 18.7. The first-order chi connectivity index (χ1) is 16.3. The molecule has 0 unspecified atom stereocenters. The number of piperidine rings is 1. The van der Waals surface area contributed by atoms with Crippen molar-refractivity contribution in [2.45, 2.75) is 50.0 Å². The lowest BCUT2D eigenvalue weighted by Gasteiger charge is -2.30. The second-order valence-electron chi connectivity index (χ2n) is 8.78. The molecule has 2 aromatic heterocycles. The summed E-state index contributed by atoms with van der Waals surface area (Å²) in [5.41, 5.74) is 0.810. The van der Waals surface area contributed by atoms with E-state index in [9.17, 15) is 17.6 Å². The summed E-state index contributed by atoms with van der Waals surface area (Å²) in [6.07, 6.45) is 2.98. The number of benzene rings is 1. The van der Waals surface area contributed by atoms with Gasteiger partial charge >= 0.3 is 0 Å². The van der Waals surface area contributed by atoms with Crippen LogP contribution in [0.4, 0.5) is 4.39 Å². The maximum atomic E-state index is 13.3. The smallest absolute Gasteiger partial charge is 0.244 e. The minimum absolute atomic E-state index is 0.112. The molecule has 34 heavy (non-hydrogen) atoms. The molecule has 0 spiro atoms. The van der Waals surface area contributed by atoms with E-state index in [1.807, 2.05) is 0 Å². The fraction of sp³-hybridized carbons (Fsp3) is 0.435. The first kappa shape index (κ1) is 23.1. The van der Waals surface area contributed by atoms with Crippen LogP contribution in [0.1, 0.15) is 47.9 Å². The number of hydrogen-bond donors (Lipinski definition) is 1. The van der Waals surface area contributed by atoms with Crippen LogP contribution in [0.15, 0.2) is 39.8 Å². The van der Waals surface area contributed by atoms with E-state index >= 15 is 0 Å². The number of aromatic nitrogens is 2. The number of hydrogen-bond acceptors (Lipinski definition) is 7. The average Bonchev–Trinajstić information content (AvgIpc) is 3.42. The molecular formula is C23H25FN4O4S2. The fourth-order valence-electron chi connectivity index (χ4n) is 4.10. The van der Waals surface area contributed by atoms with Crippen molar-refractivity contribution in [2.75, 3.05) is 13.1 Å². The van der Waals surface area contributed by atoms with Crippen LogP contribution >= 0.6 is 11.3 Å². The largest absolute Gasteiger partial charge is 0.352 e. The Morgan fingerprint density at radius 1 is 1.21 bits per heavy atom. The highest BCUT2D eigenvalue weighted by Gasteiger charge is 2.34. The summed E-state index contributed by atoms with van der Waals surface area (Å²) in [6.45, 7) is 2.64. The number of nitrogens with zero attached hydrogens (tertiary/aromatic N) is 3. The zero-order chi connectivity index (χ0) is 23.9. The summed E-state index contributed by atoms with van der Waals surface area (Å²) in [6, 6.07) is 7.59. The van der Waals surface area contributed by atoms with Crippen molar-refractivity contribution in [1.29, 1.82) is 0 Å². The molecule has 1 aliphatic heterocycles. The summed E-state index contributed by atoms with van der Waals surface area (Å²) < 4.78 is 46.4. The summed E-state index contributed by atoms with van der Waals surface area (Å²) in [5, 5.41) is 6.89. The van der Waals surface area contributed by atoms with E-state index in [-0.39, 0.29) is 35.6 Å². The number of amides is 1. The van der Waals surface area contributed by atoms with Gasteiger partial charge in [-0.15, -0.1) is 11.3 Å². The SMILES string of the molecule is Cc1sc(-c2noc(C3CC3)n2)cc1S(=O)(=O)N1CCC(C(=O)NCc2ccc(F)cc2)CC1. The molecule has 1 N–H and O–H groups in total. The van der Waals surface area contributed by atoms with Crippen molar-refractivity contribution in [1.82, 2.24) is 19.8 Å². The van der Waals surface area contributed by atoms with Crippen molar-refractivity contribution < 1.29 is 22.1 Å². The minimum Gasteiger partial charge on any atom is -0.352 e. The Hall–Kier alpha value is -2.63.